The molecule has 2 rings (SSSR count). The minimum absolute atomic E-state index is 0.0949. The van der Waals surface area contributed by atoms with Crippen LogP contribution in [0.15, 0.2) is 24.3 Å². The van der Waals surface area contributed by atoms with E-state index in [-0.39, 0.29) is 12.4 Å². The lowest BCUT2D eigenvalue weighted by atomic mass is 10.1. The van der Waals surface area contributed by atoms with Crippen LogP contribution in [-0.2, 0) is 0 Å². The Labute approximate surface area is 125 Å². The molecule has 0 amide bonds. The summed E-state index contributed by atoms with van der Waals surface area (Å²) in [5.41, 5.74) is 0. The second-order valence-electron chi connectivity index (χ2n) is 5.50. The number of halogens is 1. The lowest BCUT2D eigenvalue weighted by Crippen LogP contribution is -2.39. The molecule has 1 unspecified atom stereocenters. The summed E-state index contributed by atoms with van der Waals surface area (Å²) in [5.74, 6) is -0.215. The SMILES string of the molecule is OC(CNCCN1CCCCC1)COc1ccccc1F. The molecule has 1 atom stereocenters. The first-order valence-electron chi connectivity index (χ1n) is 7.74. The Balaban J connectivity index is 1.55. The number of hydrogen-bond donors (Lipinski definition) is 2. The Bertz CT molecular complexity index is 411. The summed E-state index contributed by atoms with van der Waals surface area (Å²) in [5, 5.41) is 13.0. The number of nitrogens with zero attached hydrogens (tertiary/aromatic N) is 1. The fourth-order valence-corrected chi connectivity index (χ4v) is 2.50. The van der Waals surface area contributed by atoms with Gasteiger partial charge in [0.2, 0.25) is 0 Å². The highest BCUT2D eigenvalue weighted by atomic mass is 19.1. The van der Waals surface area contributed by atoms with Crippen molar-refractivity contribution in [2.45, 2.75) is 25.4 Å². The maximum atomic E-state index is 13.3. The number of benzene rings is 1. The zero-order chi connectivity index (χ0) is 14.9. The van der Waals surface area contributed by atoms with Gasteiger partial charge in [0.1, 0.15) is 12.7 Å². The third-order valence-electron chi connectivity index (χ3n) is 3.70. The number of nitrogens with one attached hydrogen (secondary N) is 1. The van der Waals surface area contributed by atoms with Crippen molar-refractivity contribution in [2.75, 3.05) is 39.3 Å². The Hall–Kier alpha value is -1.17. The Morgan fingerprint density at radius 3 is 2.76 bits per heavy atom. The average Bonchev–Trinajstić information content (AvgIpc) is 2.52. The minimum atomic E-state index is -0.633. The predicted molar refractivity (Wildman–Crippen MR) is 81.1 cm³/mol. The topological polar surface area (TPSA) is 44.7 Å². The van der Waals surface area contributed by atoms with E-state index in [0.29, 0.717) is 6.54 Å². The van der Waals surface area contributed by atoms with Gasteiger partial charge in [-0.2, -0.15) is 0 Å². The first-order valence-corrected chi connectivity index (χ1v) is 7.74. The number of likely N-dealkylation sites (tertiary alicyclic amines) is 1. The molecule has 2 N–H and O–H groups in total. The quantitative estimate of drug-likeness (QED) is 0.716. The van der Waals surface area contributed by atoms with E-state index in [0.717, 1.165) is 13.1 Å². The predicted octanol–water partition coefficient (Wildman–Crippen LogP) is 1.64. The molecule has 4 nitrogen and oxygen atoms in total. The van der Waals surface area contributed by atoms with Crippen LogP contribution in [0, 0.1) is 5.82 Å². The largest absolute Gasteiger partial charge is 0.488 e. The van der Waals surface area contributed by atoms with E-state index >= 15 is 0 Å². The molecular weight excluding hydrogens is 271 g/mol. The number of aliphatic hydroxyl groups excluding tert-OH is 1. The summed E-state index contributed by atoms with van der Waals surface area (Å²) < 4.78 is 18.6. The maximum Gasteiger partial charge on any atom is 0.165 e. The van der Waals surface area contributed by atoms with E-state index in [1.165, 1.54) is 38.4 Å². The zero-order valence-electron chi connectivity index (χ0n) is 12.4. The maximum absolute atomic E-state index is 13.3. The van der Waals surface area contributed by atoms with E-state index in [2.05, 4.69) is 10.2 Å². The van der Waals surface area contributed by atoms with Crippen molar-refractivity contribution in [1.82, 2.24) is 10.2 Å². The second kappa shape index (κ2) is 8.97. The van der Waals surface area contributed by atoms with Crippen LogP contribution in [0.4, 0.5) is 4.39 Å². The number of ether oxygens (including phenoxy) is 1. The highest BCUT2D eigenvalue weighted by molar-refractivity contribution is 5.23. The Kier molecular flexibility index (Phi) is 6.92. The lowest BCUT2D eigenvalue weighted by molar-refractivity contribution is 0.103. The van der Waals surface area contributed by atoms with Crippen LogP contribution in [0.25, 0.3) is 0 Å². The number of hydrogen-bond acceptors (Lipinski definition) is 4. The minimum Gasteiger partial charge on any atom is -0.488 e. The van der Waals surface area contributed by atoms with Gasteiger partial charge in [-0.05, 0) is 38.1 Å². The third-order valence-corrected chi connectivity index (χ3v) is 3.70. The smallest absolute Gasteiger partial charge is 0.165 e. The average molecular weight is 296 g/mol. The van der Waals surface area contributed by atoms with Gasteiger partial charge in [0.05, 0.1) is 0 Å². The number of rotatable bonds is 8. The fourth-order valence-electron chi connectivity index (χ4n) is 2.50. The molecule has 1 fully saturated rings. The molecule has 1 aromatic carbocycles. The van der Waals surface area contributed by atoms with Crippen molar-refractivity contribution >= 4 is 0 Å². The molecule has 0 aromatic heterocycles. The molecular formula is C16H25FN2O2. The molecule has 21 heavy (non-hydrogen) atoms. The van der Waals surface area contributed by atoms with Gasteiger partial charge >= 0.3 is 0 Å². The molecule has 1 aromatic rings. The summed E-state index contributed by atoms with van der Waals surface area (Å²) in [6.07, 6.45) is 3.29. The summed E-state index contributed by atoms with van der Waals surface area (Å²) in [7, 11) is 0. The highest BCUT2D eigenvalue weighted by Crippen LogP contribution is 2.15. The molecule has 0 saturated carbocycles. The van der Waals surface area contributed by atoms with Crippen molar-refractivity contribution < 1.29 is 14.2 Å². The molecule has 1 aliphatic rings. The summed E-state index contributed by atoms with van der Waals surface area (Å²) in [6, 6.07) is 6.23. The monoisotopic (exact) mass is 296 g/mol. The van der Waals surface area contributed by atoms with Crippen molar-refractivity contribution in [3.05, 3.63) is 30.1 Å². The summed E-state index contributed by atoms with van der Waals surface area (Å²) in [4.78, 5) is 2.44. The van der Waals surface area contributed by atoms with Gasteiger partial charge in [0.25, 0.3) is 0 Å². The Morgan fingerprint density at radius 2 is 2.00 bits per heavy atom. The molecule has 1 heterocycles. The van der Waals surface area contributed by atoms with E-state index in [1.54, 1.807) is 18.2 Å². The number of piperidine rings is 1. The van der Waals surface area contributed by atoms with Gasteiger partial charge in [-0.25, -0.2) is 4.39 Å². The highest BCUT2D eigenvalue weighted by Gasteiger charge is 2.10. The molecule has 1 saturated heterocycles. The summed E-state index contributed by atoms with van der Waals surface area (Å²) in [6.45, 7) is 4.79. The molecule has 0 bridgehead atoms. The van der Waals surface area contributed by atoms with E-state index < -0.39 is 11.9 Å². The fraction of sp³-hybridized carbons (Fsp3) is 0.625. The van der Waals surface area contributed by atoms with Crippen LogP contribution in [0.2, 0.25) is 0 Å². The van der Waals surface area contributed by atoms with E-state index in [1.807, 2.05) is 0 Å². The molecule has 5 heteroatoms. The molecule has 0 spiro atoms. The number of aliphatic hydroxyl groups is 1. The van der Waals surface area contributed by atoms with Crippen LogP contribution in [-0.4, -0.2) is 55.4 Å². The second-order valence-corrected chi connectivity index (χ2v) is 5.50. The van der Waals surface area contributed by atoms with E-state index in [4.69, 9.17) is 4.74 Å². The van der Waals surface area contributed by atoms with Crippen molar-refractivity contribution in [1.29, 1.82) is 0 Å². The zero-order valence-corrected chi connectivity index (χ0v) is 12.4. The van der Waals surface area contributed by atoms with Crippen LogP contribution in [0.3, 0.4) is 0 Å². The molecule has 1 aliphatic heterocycles. The normalized spacial score (nSPS) is 17.6. The van der Waals surface area contributed by atoms with Gasteiger partial charge < -0.3 is 20.1 Å². The van der Waals surface area contributed by atoms with Gasteiger partial charge in [0.15, 0.2) is 11.6 Å². The molecule has 118 valence electrons. The van der Waals surface area contributed by atoms with Gasteiger partial charge in [-0.15, -0.1) is 0 Å². The van der Waals surface area contributed by atoms with Crippen LogP contribution in [0.1, 0.15) is 19.3 Å². The van der Waals surface area contributed by atoms with Gasteiger partial charge in [-0.1, -0.05) is 18.6 Å². The summed E-state index contributed by atoms with van der Waals surface area (Å²) >= 11 is 0. The van der Waals surface area contributed by atoms with E-state index in [9.17, 15) is 9.50 Å². The van der Waals surface area contributed by atoms with Crippen LogP contribution in [0.5, 0.6) is 5.75 Å². The van der Waals surface area contributed by atoms with Crippen molar-refractivity contribution in [2.24, 2.45) is 0 Å². The van der Waals surface area contributed by atoms with Crippen LogP contribution >= 0.6 is 0 Å². The van der Waals surface area contributed by atoms with Crippen molar-refractivity contribution in [3.63, 3.8) is 0 Å². The van der Waals surface area contributed by atoms with Gasteiger partial charge in [0, 0.05) is 19.6 Å². The Morgan fingerprint density at radius 1 is 1.24 bits per heavy atom. The van der Waals surface area contributed by atoms with Crippen LogP contribution < -0.4 is 10.1 Å². The lowest BCUT2D eigenvalue weighted by Gasteiger charge is -2.26. The molecule has 0 aliphatic carbocycles. The number of para-hydroxylation sites is 1. The first-order chi connectivity index (χ1) is 10.3. The van der Waals surface area contributed by atoms with Gasteiger partial charge in [-0.3, -0.25) is 0 Å². The van der Waals surface area contributed by atoms with Crippen molar-refractivity contribution in [3.8, 4) is 5.75 Å². The first kappa shape index (κ1) is 16.2. The molecule has 0 radical (unpaired) electrons. The standard InChI is InChI=1S/C16H25FN2O2/c17-15-6-2-3-7-16(15)21-13-14(20)12-18-8-11-19-9-4-1-5-10-19/h2-3,6-7,14,18,20H,1,4-5,8-13H2. The third kappa shape index (κ3) is 5.99.